The van der Waals surface area contributed by atoms with Crippen LogP contribution in [0.2, 0.25) is 0 Å². The zero-order chi connectivity index (χ0) is 23.9. The fourth-order valence-corrected chi connectivity index (χ4v) is 5.08. The van der Waals surface area contributed by atoms with E-state index in [9.17, 15) is 9.18 Å². The number of anilines is 1. The van der Waals surface area contributed by atoms with Crippen LogP contribution in [-0.2, 0) is 13.1 Å². The Bertz CT molecular complexity index is 1430. The molecule has 2 atom stereocenters. The van der Waals surface area contributed by atoms with Crippen LogP contribution in [0, 0.1) is 5.82 Å². The van der Waals surface area contributed by atoms with Gasteiger partial charge in [0.05, 0.1) is 28.7 Å². The lowest BCUT2D eigenvalue weighted by molar-refractivity contribution is 0.172. The molecule has 9 nitrogen and oxygen atoms in total. The van der Waals surface area contributed by atoms with Crippen molar-refractivity contribution in [3.8, 4) is 0 Å². The maximum absolute atomic E-state index is 14.4. The van der Waals surface area contributed by atoms with Crippen LogP contribution in [0.15, 0.2) is 47.5 Å². The van der Waals surface area contributed by atoms with E-state index in [2.05, 4.69) is 67.2 Å². The normalized spacial score (nSPS) is 19.8. The van der Waals surface area contributed by atoms with Gasteiger partial charge in [0.1, 0.15) is 18.0 Å². The van der Waals surface area contributed by atoms with E-state index in [1.807, 2.05) is 4.68 Å². The first-order valence-corrected chi connectivity index (χ1v) is 12.0. The standard InChI is InChI=1S/C25H27FN8O/c1-2-8-34-24(27-14-28-34)21-22(16-6-4-15(5-7-16)13-33-9-3-10-33)30-29-19-12-17(26)11-18-20(19)23(21)31-32-25(18)35/h4-7,11-12,14,21-22,29-30H,2-3,8-10,13H2,1H3,(H,32,35). The molecular weight excluding hydrogens is 447 g/mol. The summed E-state index contributed by atoms with van der Waals surface area (Å²) in [6.07, 6.45) is 3.70. The summed E-state index contributed by atoms with van der Waals surface area (Å²) in [5, 5.41) is 12.3. The quantitative estimate of drug-likeness (QED) is 0.395. The molecule has 6 rings (SSSR count). The molecule has 35 heavy (non-hydrogen) atoms. The maximum Gasteiger partial charge on any atom is 0.272 e. The Labute approximate surface area is 201 Å². The minimum Gasteiger partial charge on any atom is -0.320 e. The third kappa shape index (κ3) is 3.88. The second kappa shape index (κ2) is 8.86. The van der Waals surface area contributed by atoms with Gasteiger partial charge in [-0.25, -0.2) is 24.6 Å². The maximum atomic E-state index is 14.4. The highest BCUT2D eigenvalue weighted by Gasteiger charge is 2.36. The molecule has 4 aromatic rings. The largest absolute Gasteiger partial charge is 0.320 e. The molecule has 180 valence electrons. The molecule has 1 saturated heterocycles. The summed E-state index contributed by atoms with van der Waals surface area (Å²) in [7, 11) is 0. The van der Waals surface area contributed by atoms with Crippen LogP contribution < -0.4 is 16.4 Å². The Morgan fingerprint density at radius 2 is 2.00 bits per heavy atom. The van der Waals surface area contributed by atoms with Gasteiger partial charge in [0.15, 0.2) is 0 Å². The lowest BCUT2D eigenvalue weighted by Crippen LogP contribution is -2.36. The van der Waals surface area contributed by atoms with E-state index in [1.165, 1.54) is 24.1 Å². The number of likely N-dealkylation sites (tertiary alicyclic amines) is 1. The van der Waals surface area contributed by atoms with Crippen LogP contribution in [0.3, 0.4) is 0 Å². The molecule has 4 heterocycles. The molecule has 3 N–H and O–H groups in total. The Morgan fingerprint density at radius 3 is 2.74 bits per heavy atom. The number of aromatic amines is 1. The predicted octanol–water partition coefficient (Wildman–Crippen LogP) is 3.07. The second-order valence-corrected chi connectivity index (χ2v) is 9.25. The average molecular weight is 475 g/mol. The third-order valence-corrected chi connectivity index (χ3v) is 6.92. The van der Waals surface area contributed by atoms with Crippen molar-refractivity contribution in [2.24, 2.45) is 0 Å². The number of halogens is 1. The number of aryl methyl sites for hydroxylation is 1. The highest BCUT2D eigenvalue weighted by atomic mass is 19.1. The van der Waals surface area contributed by atoms with E-state index < -0.39 is 11.4 Å². The van der Waals surface area contributed by atoms with Crippen molar-refractivity contribution in [2.45, 2.75) is 44.8 Å². The molecule has 1 fully saturated rings. The summed E-state index contributed by atoms with van der Waals surface area (Å²) in [5.41, 5.74) is 9.48. The average Bonchev–Trinajstić information content (AvgIpc) is 3.21. The molecule has 0 saturated carbocycles. The summed E-state index contributed by atoms with van der Waals surface area (Å²) >= 11 is 0. The van der Waals surface area contributed by atoms with Gasteiger partial charge in [-0.15, -0.1) is 0 Å². The number of nitrogens with zero attached hydrogens (tertiary/aromatic N) is 5. The van der Waals surface area contributed by atoms with Gasteiger partial charge in [0.25, 0.3) is 5.56 Å². The topological polar surface area (TPSA) is 104 Å². The summed E-state index contributed by atoms with van der Waals surface area (Å²) in [5.74, 6) is -0.151. The van der Waals surface area contributed by atoms with Crippen molar-refractivity contribution in [3.05, 3.63) is 81.5 Å². The van der Waals surface area contributed by atoms with Crippen LogP contribution in [0.5, 0.6) is 0 Å². The zero-order valence-electron chi connectivity index (χ0n) is 19.5. The summed E-state index contributed by atoms with van der Waals surface area (Å²) in [6, 6.07) is 10.9. The third-order valence-electron chi connectivity index (χ3n) is 6.92. The smallest absolute Gasteiger partial charge is 0.272 e. The number of benzene rings is 2. The fraction of sp³-hybridized carbons (Fsp3) is 0.360. The van der Waals surface area contributed by atoms with Crippen molar-refractivity contribution in [1.29, 1.82) is 0 Å². The summed E-state index contributed by atoms with van der Waals surface area (Å²) < 4.78 is 16.3. The predicted molar refractivity (Wildman–Crippen MR) is 130 cm³/mol. The first-order valence-electron chi connectivity index (χ1n) is 12.0. The van der Waals surface area contributed by atoms with Crippen molar-refractivity contribution < 1.29 is 4.39 Å². The number of hydrogen-bond donors (Lipinski definition) is 3. The molecule has 2 unspecified atom stereocenters. The SMILES string of the molecule is CCCn1ncnc1C1c2n[nH]c(=O)c3cc(F)cc(c23)NNC1c1ccc(CN2CCC2)cc1. The number of H-pyrrole nitrogens is 1. The molecule has 0 bridgehead atoms. The molecule has 0 radical (unpaired) electrons. The summed E-state index contributed by atoms with van der Waals surface area (Å²) in [4.78, 5) is 19.6. The molecule has 0 aliphatic carbocycles. The van der Waals surface area contributed by atoms with Crippen LogP contribution in [0.1, 0.15) is 54.4 Å². The second-order valence-electron chi connectivity index (χ2n) is 9.25. The van der Waals surface area contributed by atoms with Crippen LogP contribution in [-0.4, -0.2) is 43.0 Å². The number of hydrazine groups is 1. The van der Waals surface area contributed by atoms with Crippen LogP contribution in [0.4, 0.5) is 10.1 Å². The van der Waals surface area contributed by atoms with Crippen molar-refractivity contribution in [1.82, 2.24) is 35.3 Å². The monoisotopic (exact) mass is 474 g/mol. The lowest BCUT2D eigenvalue weighted by atomic mass is 9.87. The molecule has 10 heteroatoms. The van der Waals surface area contributed by atoms with E-state index >= 15 is 0 Å². The Morgan fingerprint density at radius 1 is 1.17 bits per heavy atom. The molecule has 0 amide bonds. The van der Waals surface area contributed by atoms with E-state index in [1.54, 1.807) is 6.33 Å². The van der Waals surface area contributed by atoms with Gasteiger partial charge in [-0.2, -0.15) is 10.2 Å². The molecular formula is C25H27FN8O. The summed E-state index contributed by atoms with van der Waals surface area (Å²) in [6.45, 7) is 6.02. The Balaban J connectivity index is 1.50. The van der Waals surface area contributed by atoms with Crippen molar-refractivity contribution in [2.75, 3.05) is 18.5 Å². The van der Waals surface area contributed by atoms with Crippen LogP contribution >= 0.6 is 0 Å². The lowest BCUT2D eigenvalue weighted by Gasteiger charge is -2.31. The van der Waals surface area contributed by atoms with Gasteiger partial charge in [-0.05, 0) is 49.2 Å². The fourth-order valence-electron chi connectivity index (χ4n) is 5.08. The highest BCUT2D eigenvalue weighted by Crippen LogP contribution is 2.41. The van der Waals surface area contributed by atoms with Gasteiger partial charge in [0, 0.05) is 18.5 Å². The number of rotatable bonds is 6. The number of hydrogen-bond acceptors (Lipinski definition) is 7. The van der Waals surface area contributed by atoms with Crippen LogP contribution in [0.25, 0.3) is 10.8 Å². The van der Waals surface area contributed by atoms with Gasteiger partial charge >= 0.3 is 0 Å². The molecule has 2 aliphatic heterocycles. The van der Waals surface area contributed by atoms with Gasteiger partial charge in [-0.3, -0.25) is 9.69 Å². The van der Waals surface area contributed by atoms with E-state index in [0.29, 0.717) is 23.3 Å². The number of aromatic nitrogens is 5. The van der Waals surface area contributed by atoms with E-state index in [4.69, 9.17) is 0 Å². The Hall–Kier alpha value is -3.63. The molecule has 2 aromatic heterocycles. The van der Waals surface area contributed by atoms with Crippen molar-refractivity contribution >= 4 is 16.5 Å². The van der Waals surface area contributed by atoms with Gasteiger partial charge < -0.3 is 5.43 Å². The van der Waals surface area contributed by atoms with Gasteiger partial charge in [-0.1, -0.05) is 31.2 Å². The highest BCUT2D eigenvalue weighted by molar-refractivity contribution is 5.96. The number of nitrogens with one attached hydrogen (secondary N) is 3. The van der Waals surface area contributed by atoms with Crippen molar-refractivity contribution in [3.63, 3.8) is 0 Å². The first-order chi connectivity index (χ1) is 17.1. The molecule has 0 spiro atoms. The minimum atomic E-state index is -0.496. The van der Waals surface area contributed by atoms with Gasteiger partial charge in [0.2, 0.25) is 0 Å². The zero-order valence-corrected chi connectivity index (χ0v) is 19.5. The minimum absolute atomic E-state index is 0.247. The molecule has 2 aliphatic rings. The first kappa shape index (κ1) is 21.9. The Kier molecular flexibility index (Phi) is 5.54. The van der Waals surface area contributed by atoms with E-state index in [-0.39, 0.29) is 17.3 Å². The van der Waals surface area contributed by atoms with E-state index in [0.717, 1.165) is 37.4 Å². The molecule has 2 aromatic carbocycles.